The summed E-state index contributed by atoms with van der Waals surface area (Å²) in [6.07, 6.45) is 4.67. The number of aromatic nitrogens is 2. The maximum absolute atomic E-state index is 12.0. The van der Waals surface area contributed by atoms with Gasteiger partial charge in [0, 0.05) is 17.4 Å². The van der Waals surface area contributed by atoms with Gasteiger partial charge >= 0.3 is 0 Å². The van der Waals surface area contributed by atoms with Crippen LogP contribution in [0.2, 0.25) is 10.0 Å². The molecule has 2 aromatic heterocycles. The quantitative estimate of drug-likeness (QED) is 0.704. The number of carbonyl (C=O) groups is 1. The average molecular weight is 359 g/mol. The van der Waals surface area contributed by atoms with Gasteiger partial charge in [0.2, 0.25) is 0 Å². The van der Waals surface area contributed by atoms with Gasteiger partial charge in [0.1, 0.15) is 5.82 Å². The molecule has 0 aliphatic rings. The molecule has 0 radical (unpaired) electrons. The van der Waals surface area contributed by atoms with Crippen molar-refractivity contribution in [3.63, 3.8) is 0 Å². The lowest BCUT2D eigenvalue weighted by Crippen LogP contribution is -2.12. The van der Waals surface area contributed by atoms with E-state index >= 15 is 0 Å². The van der Waals surface area contributed by atoms with Crippen LogP contribution in [0.1, 0.15) is 10.4 Å². The van der Waals surface area contributed by atoms with Gasteiger partial charge in [0.05, 0.1) is 28.2 Å². The highest BCUT2D eigenvalue weighted by Gasteiger charge is 2.07. The molecule has 0 saturated heterocycles. The van der Waals surface area contributed by atoms with E-state index in [1.165, 1.54) is 6.20 Å². The van der Waals surface area contributed by atoms with Gasteiger partial charge in [-0.1, -0.05) is 23.2 Å². The van der Waals surface area contributed by atoms with E-state index in [1.54, 1.807) is 54.9 Å². The number of benzene rings is 1. The van der Waals surface area contributed by atoms with Crippen LogP contribution >= 0.6 is 23.2 Å². The van der Waals surface area contributed by atoms with Gasteiger partial charge in [-0.2, -0.15) is 0 Å². The molecule has 0 saturated carbocycles. The van der Waals surface area contributed by atoms with Crippen LogP contribution in [0, 0.1) is 0 Å². The smallest absolute Gasteiger partial charge is 0.257 e. The minimum atomic E-state index is -0.244. The summed E-state index contributed by atoms with van der Waals surface area (Å²) in [7, 11) is 0. The zero-order chi connectivity index (χ0) is 16.9. The Morgan fingerprint density at radius 2 is 1.92 bits per heavy atom. The Bertz CT molecular complexity index is 854. The lowest BCUT2D eigenvalue weighted by Gasteiger charge is -2.09. The summed E-state index contributed by atoms with van der Waals surface area (Å²) in [6, 6.07) is 12.0. The molecule has 24 heavy (non-hydrogen) atoms. The topological polar surface area (TPSA) is 66.9 Å². The maximum Gasteiger partial charge on any atom is 0.257 e. The molecular weight excluding hydrogens is 347 g/mol. The maximum atomic E-state index is 12.0. The monoisotopic (exact) mass is 358 g/mol. The molecule has 2 heterocycles. The molecule has 3 aromatic rings. The zero-order valence-electron chi connectivity index (χ0n) is 12.3. The van der Waals surface area contributed by atoms with Crippen molar-refractivity contribution in [3.05, 3.63) is 76.7 Å². The van der Waals surface area contributed by atoms with Gasteiger partial charge in [-0.3, -0.25) is 9.78 Å². The van der Waals surface area contributed by atoms with Crippen LogP contribution in [-0.2, 0) is 0 Å². The first-order valence-corrected chi connectivity index (χ1v) is 7.77. The van der Waals surface area contributed by atoms with Crippen LogP contribution in [0.25, 0.3) is 0 Å². The number of rotatable bonds is 4. The second-order valence-electron chi connectivity index (χ2n) is 4.88. The minimum absolute atomic E-state index is 0.244. The Balaban J connectivity index is 1.68. The largest absolute Gasteiger partial charge is 0.339 e. The standard InChI is InChI=1S/C17H12Cl2N4O/c18-12-3-5-15(14(19)8-12)23-16-6-4-13(10-21-16)22-17(24)11-2-1-7-20-9-11/h1-10H,(H,21,23)(H,22,24). The summed E-state index contributed by atoms with van der Waals surface area (Å²) in [5, 5.41) is 6.90. The fourth-order valence-corrected chi connectivity index (χ4v) is 2.43. The lowest BCUT2D eigenvalue weighted by molar-refractivity contribution is 0.102. The molecule has 3 rings (SSSR count). The van der Waals surface area contributed by atoms with Gasteiger partial charge in [-0.15, -0.1) is 0 Å². The van der Waals surface area contributed by atoms with E-state index in [2.05, 4.69) is 20.6 Å². The zero-order valence-corrected chi connectivity index (χ0v) is 13.8. The minimum Gasteiger partial charge on any atom is -0.339 e. The number of anilines is 3. The van der Waals surface area contributed by atoms with E-state index in [0.29, 0.717) is 32.8 Å². The molecule has 2 N–H and O–H groups in total. The van der Waals surface area contributed by atoms with Crippen molar-refractivity contribution in [3.8, 4) is 0 Å². The molecule has 5 nitrogen and oxygen atoms in total. The number of halogens is 2. The van der Waals surface area contributed by atoms with Crippen molar-refractivity contribution in [2.75, 3.05) is 10.6 Å². The van der Waals surface area contributed by atoms with Crippen molar-refractivity contribution in [1.29, 1.82) is 0 Å². The first-order chi connectivity index (χ1) is 11.6. The highest BCUT2D eigenvalue weighted by atomic mass is 35.5. The molecule has 0 aliphatic carbocycles. The molecule has 120 valence electrons. The number of amides is 1. The van der Waals surface area contributed by atoms with Gasteiger partial charge in [0.15, 0.2) is 0 Å². The Labute approximate surface area is 148 Å². The molecular formula is C17H12Cl2N4O. The van der Waals surface area contributed by atoms with Crippen LogP contribution in [0.15, 0.2) is 61.1 Å². The first kappa shape index (κ1) is 16.2. The normalized spacial score (nSPS) is 10.2. The van der Waals surface area contributed by atoms with Gasteiger partial charge in [-0.05, 0) is 42.5 Å². The number of hydrogen-bond acceptors (Lipinski definition) is 4. The van der Waals surface area contributed by atoms with E-state index in [9.17, 15) is 4.79 Å². The highest BCUT2D eigenvalue weighted by Crippen LogP contribution is 2.27. The fourth-order valence-electron chi connectivity index (χ4n) is 1.97. The van der Waals surface area contributed by atoms with Crippen molar-refractivity contribution >= 4 is 46.3 Å². The molecule has 0 unspecified atom stereocenters. The third kappa shape index (κ3) is 4.01. The molecule has 0 aliphatic heterocycles. The van der Waals surface area contributed by atoms with Crippen LogP contribution in [-0.4, -0.2) is 15.9 Å². The second kappa shape index (κ2) is 7.29. The second-order valence-corrected chi connectivity index (χ2v) is 5.72. The first-order valence-electron chi connectivity index (χ1n) is 7.01. The summed E-state index contributed by atoms with van der Waals surface area (Å²) in [6.45, 7) is 0. The summed E-state index contributed by atoms with van der Waals surface area (Å²) < 4.78 is 0. The SMILES string of the molecule is O=C(Nc1ccc(Nc2ccc(Cl)cc2Cl)nc1)c1cccnc1. The van der Waals surface area contributed by atoms with E-state index in [0.717, 1.165) is 0 Å². The van der Waals surface area contributed by atoms with E-state index in [1.807, 2.05) is 0 Å². The van der Waals surface area contributed by atoms with Crippen molar-refractivity contribution in [2.45, 2.75) is 0 Å². The van der Waals surface area contributed by atoms with Crippen molar-refractivity contribution in [2.24, 2.45) is 0 Å². The average Bonchev–Trinajstić information content (AvgIpc) is 2.60. The molecule has 0 fully saturated rings. The van der Waals surface area contributed by atoms with E-state index < -0.39 is 0 Å². The fraction of sp³-hybridized carbons (Fsp3) is 0. The van der Waals surface area contributed by atoms with Crippen LogP contribution < -0.4 is 10.6 Å². The summed E-state index contributed by atoms with van der Waals surface area (Å²) in [4.78, 5) is 20.2. The van der Waals surface area contributed by atoms with Gasteiger partial charge < -0.3 is 10.6 Å². The van der Waals surface area contributed by atoms with Crippen LogP contribution in [0.4, 0.5) is 17.2 Å². The molecule has 0 bridgehead atoms. The van der Waals surface area contributed by atoms with Crippen molar-refractivity contribution < 1.29 is 4.79 Å². The Morgan fingerprint density at radius 3 is 2.58 bits per heavy atom. The Kier molecular flexibility index (Phi) is 4.93. The molecule has 0 atom stereocenters. The molecule has 7 heteroatoms. The van der Waals surface area contributed by atoms with Crippen LogP contribution in [0.3, 0.4) is 0 Å². The number of carbonyl (C=O) groups excluding carboxylic acids is 1. The molecule has 0 spiro atoms. The third-order valence-corrected chi connectivity index (χ3v) is 3.69. The lowest BCUT2D eigenvalue weighted by atomic mass is 10.2. The Morgan fingerprint density at radius 1 is 1.04 bits per heavy atom. The summed E-state index contributed by atoms with van der Waals surface area (Å²) in [5.41, 5.74) is 1.75. The summed E-state index contributed by atoms with van der Waals surface area (Å²) >= 11 is 12.0. The number of nitrogens with one attached hydrogen (secondary N) is 2. The third-order valence-electron chi connectivity index (χ3n) is 3.14. The van der Waals surface area contributed by atoms with Gasteiger partial charge in [-0.25, -0.2) is 4.98 Å². The van der Waals surface area contributed by atoms with Crippen molar-refractivity contribution in [1.82, 2.24) is 9.97 Å². The number of nitrogens with zero attached hydrogens (tertiary/aromatic N) is 2. The van der Waals surface area contributed by atoms with E-state index in [-0.39, 0.29) is 5.91 Å². The summed E-state index contributed by atoms with van der Waals surface area (Å²) in [5.74, 6) is 0.352. The van der Waals surface area contributed by atoms with E-state index in [4.69, 9.17) is 23.2 Å². The number of pyridine rings is 2. The highest BCUT2D eigenvalue weighted by molar-refractivity contribution is 6.36. The predicted molar refractivity (Wildman–Crippen MR) is 96.2 cm³/mol. The van der Waals surface area contributed by atoms with Crippen LogP contribution in [0.5, 0.6) is 0 Å². The van der Waals surface area contributed by atoms with Gasteiger partial charge in [0.25, 0.3) is 5.91 Å². The molecule has 1 amide bonds. The molecule has 1 aromatic carbocycles. The number of hydrogen-bond donors (Lipinski definition) is 2. The predicted octanol–water partition coefficient (Wildman–Crippen LogP) is 4.78. The Hall–Kier alpha value is -2.63.